The first-order valence-corrected chi connectivity index (χ1v) is 7.55. The minimum Gasteiger partial charge on any atom is -0.311 e. The van der Waals surface area contributed by atoms with Gasteiger partial charge in [0, 0.05) is 43.6 Å². The van der Waals surface area contributed by atoms with E-state index >= 15 is 0 Å². The lowest BCUT2D eigenvalue weighted by atomic mass is 9.90. The van der Waals surface area contributed by atoms with Gasteiger partial charge in [-0.15, -0.1) is 0 Å². The molecule has 1 aromatic heterocycles. The molecule has 3 heteroatoms. The summed E-state index contributed by atoms with van der Waals surface area (Å²) in [6.07, 6.45) is 7.54. The minimum atomic E-state index is 0.264. The summed E-state index contributed by atoms with van der Waals surface area (Å²) in [5.41, 5.74) is 1.58. The van der Waals surface area contributed by atoms with Gasteiger partial charge in [0.2, 0.25) is 0 Å². The smallest absolute Gasteiger partial charge is 0.0312 e. The van der Waals surface area contributed by atoms with Crippen molar-refractivity contribution in [2.45, 2.75) is 58.2 Å². The van der Waals surface area contributed by atoms with E-state index in [2.05, 4.69) is 42.0 Å². The first-order valence-electron chi connectivity index (χ1n) is 7.55. The minimum absolute atomic E-state index is 0.264. The van der Waals surface area contributed by atoms with Gasteiger partial charge in [0.05, 0.1) is 0 Å². The fourth-order valence-electron chi connectivity index (χ4n) is 2.88. The first kappa shape index (κ1) is 14.5. The Bertz CT molecular complexity index is 379. The van der Waals surface area contributed by atoms with Crippen LogP contribution < -0.4 is 5.32 Å². The molecule has 1 aromatic rings. The Morgan fingerprint density at radius 3 is 2.95 bits per heavy atom. The van der Waals surface area contributed by atoms with Crippen LogP contribution in [0.4, 0.5) is 0 Å². The zero-order valence-electron chi connectivity index (χ0n) is 12.5. The predicted molar refractivity (Wildman–Crippen MR) is 80.0 cm³/mol. The summed E-state index contributed by atoms with van der Waals surface area (Å²) in [6, 6.07) is 4.85. The molecule has 2 heterocycles. The molecule has 2 unspecified atom stereocenters. The van der Waals surface area contributed by atoms with Crippen molar-refractivity contribution in [2.24, 2.45) is 0 Å². The lowest BCUT2D eigenvalue weighted by Crippen LogP contribution is -2.62. The average Bonchev–Trinajstić information content (AvgIpc) is 2.44. The van der Waals surface area contributed by atoms with Crippen LogP contribution in [0.1, 0.15) is 45.6 Å². The van der Waals surface area contributed by atoms with Crippen LogP contribution >= 0.6 is 0 Å². The number of nitrogens with zero attached hydrogens (tertiary/aromatic N) is 2. The van der Waals surface area contributed by atoms with Gasteiger partial charge < -0.3 is 5.32 Å². The Kier molecular flexibility index (Phi) is 4.94. The van der Waals surface area contributed by atoms with Crippen LogP contribution in [0.3, 0.4) is 0 Å². The SMILES string of the molecule is CCCC1CN(Cc2cccnc2)C(C)(CC)CN1. The molecular weight excluding hydrogens is 234 g/mol. The molecule has 2 rings (SSSR count). The normalized spacial score (nSPS) is 28.5. The Morgan fingerprint density at radius 1 is 1.47 bits per heavy atom. The summed E-state index contributed by atoms with van der Waals surface area (Å²) in [7, 11) is 0. The van der Waals surface area contributed by atoms with E-state index in [1.54, 1.807) is 0 Å². The van der Waals surface area contributed by atoms with Gasteiger partial charge in [-0.3, -0.25) is 9.88 Å². The molecule has 0 aromatic carbocycles. The quantitative estimate of drug-likeness (QED) is 0.883. The summed E-state index contributed by atoms with van der Waals surface area (Å²) in [5.74, 6) is 0. The molecule has 19 heavy (non-hydrogen) atoms. The van der Waals surface area contributed by atoms with Crippen LogP contribution in [0.2, 0.25) is 0 Å². The van der Waals surface area contributed by atoms with Gasteiger partial charge in [0.15, 0.2) is 0 Å². The number of piperazine rings is 1. The van der Waals surface area contributed by atoms with Crippen molar-refractivity contribution in [2.75, 3.05) is 13.1 Å². The van der Waals surface area contributed by atoms with Gasteiger partial charge in [-0.25, -0.2) is 0 Å². The van der Waals surface area contributed by atoms with Crippen LogP contribution in [-0.2, 0) is 6.54 Å². The number of hydrogen-bond acceptors (Lipinski definition) is 3. The van der Waals surface area contributed by atoms with Crippen LogP contribution in [0.5, 0.6) is 0 Å². The second-order valence-corrected chi connectivity index (χ2v) is 5.96. The average molecular weight is 261 g/mol. The third-order valence-corrected chi connectivity index (χ3v) is 4.47. The Balaban J connectivity index is 2.07. The molecule has 0 radical (unpaired) electrons. The van der Waals surface area contributed by atoms with Crippen LogP contribution in [0.25, 0.3) is 0 Å². The van der Waals surface area contributed by atoms with E-state index in [-0.39, 0.29) is 5.54 Å². The molecule has 0 aliphatic carbocycles. The van der Waals surface area contributed by atoms with Crippen LogP contribution in [0.15, 0.2) is 24.5 Å². The molecule has 1 aliphatic rings. The number of hydrogen-bond donors (Lipinski definition) is 1. The van der Waals surface area contributed by atoms with Gasteiger partial charge in [-0.2, -0.15) is 0 Å². The third kappa shape index (κ3) is 3.54. The standard InChI is InChI=1S/C16H27N3/c1-4-7-15-12-19(16(3,5-2)13-18-15)11-14-8-6-9-17-10-14/h6,8-10,15,18H,4-5,7,11-13H2,1-3H3. The molecule has 0 bridgehead atoms. The largest absolute Gasteiger partial charge is 0.311 e. The van der Waals surface area contributed by atoms with Gasteiger partial charge in [-0.05, 0) is 31.4 Å². The number of rotatable bonds is 5. The molecule has 0 amide bonds. The molecule has 1 saturated heterocycles. The van der Waals surface area contributed by atoms with Gasteiger partial charge >= 0.3 is 0 Å². The van der Waals surface area contributed by atoms with Gasteiger partial charge in [0.25, 0.3) is 0 Å². The highest BCUT2D eigenvalue weighted by Crippen LogP contribution is 2.25. The van der Waals surface area contributed by atoms with E-state index in [9.17, 15) is 0 Å². The maximum Gasteiger partial charge on any atom is 0.0312 e. The third-order valence-electron chi connectivity index (χ3n) is 4.47. The number of nitrogens with one attached hydrogen (secondary N) is 1. The van der Waals surface area contributed by atoms with Gasteiger partial charge in [-0.1, -0.05) is 26.3 Å². The summed E-state index contributed by atoms with van der Waals surface area (Å²) in [6.45, 7) is 10.2. The molecule has 1 fully saturated rings. The second kappa shape index (κ2) is 6.49. The van der Waals surface area contributed by atoms with E-state index in [0.717, 1.165) is 19.6 Å². The zero-order valence-corrected chi connectivity index (χ0v) is 12.5. The van der Waals surface area contributed by atoms with E-state index in [0.29, 0.717) is 6.04 Å². The molecule has 106 valence electrons. The van der Waals surface area contributed by atoms with Crippen molar-refractivity contribution in [3.63, 3.8) is 0 Å². The highest BCUT2D eigenvalue weighted by Gasteiger charge is 2.35. The fraction of sp³-hybridized carbons (Fsp3) is 0.688. The number of pyridine rings is 1. The summed E-state index contributed by atoms with van der Waals surface area (Å²) in [5, 5.41) is 3.72. The molecular formula is C16H27N3. The molecule has 0 spiro atoms. The molecule has 0 saturated carbocycles. The number of aromatic nitrogens is 1. The lowest BCUT2D eigenvalue weighted by molar-refractivity contribution is 0.0396. The topological polar surface area (TPSA) is 28.2 Å². The van der Waals surface area contributed by atoms with Crippen molar-refractivity contribution in [1.82, 2.24) is 15.2 Å². The highest BCUT2D eigenvalue weighted by molar-refractivity contribution is 5.10. The van der Waals surface area contributed by atoms with Crippen molar-refractivity contribution in [3.8, 4) is 0 Å². The summed E-state index contributed by atoms with van der Waals surface area (Å²) in [4.78, 5) is 6.88. The van der Waals surface area contributed by atoms with Crippen molar-refractivity contribution >= 4 is 0 Å². The van der Waals surface area contributed by atoms with Crippen LogP contribution in [-0.4, -0.2) is 34.6 Å². The van der Waals surface area contributed by atoms with E-state index in [1.807, 2.05) is 18.5 Å². The maximum absolute atomic E-state index is 4.24. The predicted octanol–water partition coefficient (Wildman–Crippen LogP) is 2.82. The van der Waals surface area contributed by atoms with Crippen molar-refractivity contribution in [3.05, 3.63) is 30.1 Å². The zero-order chi connectivity index (χ0) is 13.7. The van der Waals surface area contributed by atoms with Crippen molar-refractivity contribution in [1.29, 1.82) is 0 Å². The van der Waals surface area contributed by atoms with E-state index < -0.39 is 0 Å². The summed E-state index contributed by atoms with van der Waals surface area (Å²) < 4.78 is 0. The molecule has 1 N–H and O–H groups in total. The maximum atomic E-state index is 4.24. The lowest BCUT2D eigenvalue weighted by Gasteiger charge is -2.48. The fourth-order valence-corrected chi connectivity index (χ4v) is 2.88. The second-order valence-electron chi connectivity index (χ2n) is 5.96. The van der Waals surface area contributed by atoms with Crippen molar-refractivity contribution < 1.29 is 0 Å². The van der Waals surface area contributed by atoms with E-state index in [4.69, 9.17) is 0 Å². The first-order chi connectivity index (χ1) is 9.18. The Labute approximate surface area is 117 Å². The molecule has 2 atom stereocenters. The molecule has 1 aliphatic heterocycles. The Morgan fingerprint density at radius 2 is 2.32 bits per heavy atom. The monoisotopic (exact) mass is 261 g/mol. The van der Waals surface area contributed by atoms with Gasteiger partial charge in [0.1, 0.15) is 0 Å². The Hall–Kier alpha value is -0.930. The van der Waals surface area contributed by atoms with E-state index in [1.165, 1.54) is 24.8 Å². The highest BCUT2D eigenvalue weighted by atomic mass is 15.3. The summed E-state index contributed by atoms with van der Waals surface area (Å²) >= 11 is 0. The molecule has 3 nitrogen and oxygen atoms in total. The van der Waals surface area contributed by atoms with Crippen LogP contribution in [0, 0.1) is 0 Å².